The van der Waals surface area contributed by atoms with Gasteiger partial charge in [-0.05, 0) is 22.0 Å². The fourth-order valence-corrected chi connectivity index (χ4v) is 0.379. The van der Waals surface area contributed by atoms with E-state index in [2.05, 4.69) is 22.5 Å². The molecular formula is C6H8BrN. The van der Waals surface area contributed by atoms with Crippen molar-refractivity contribution in [3.63, 3.8) is 0 Å². The Morgan fingerprint density at radius 2 is 2.12 bits per heavy atom. The fourth-order valence-electron chi connectivity index (χ4n) is 0.226. The van der Waals surface area contributed by atoms with E-state index >= 15 is 0 Å². The van der Waals surface area contributed by atoms with Gasteiger partial charge in [-0.3, -0.25) is 0 Å². The summed E-state index contributed by atoms with van der Waals surface area (Å²) in [5.41, 5.74) is 5.23. The fraction of sp³-hybridized carbons (Fsp3) is 0. The number of rotatable bonds is 2. The van der Waals surface area contributed by atoms with Gasteiger partial charge in [0.2, 0.25) is 0 Å². The van der Waals surface area contributed by atoms with Gasteiger partial charge in [0, 0.05) is 0 Å². The van der Waals surface area contributed by atoms with Gasteiger partial charge in [0.05, 0.1) is 4.61 Å². The Bertz CT molecular complexity index is 120. The zero-order valence-corrected chi connectivity index (χ0v) is 6.06. The highest BCUT2D eigenvalue weighted by Crippen LogP contribution is 1.93. The minimum Gasteiger partial charge on any atom is -0.393 e. The highest BCUT2D eigenvalue weighted by molar-refractivity contribution is 9.11. The Morgan fingerprint density at radius 1 is 1.50 bits per heavy atom. The Kier molecular flexibility index (Phi) is 4.36. The molecule has 2 heteroatoms. The molecule has 2 N–H and O–H groups in total. The van der Waals surface area contributed by atoms with Crippen molar-refractivity contribution in [2.45, 2.75) is 0 Å². The van der Waals surface area contributed by atoms with Gasteiger partial charge in [0.25, 0.3) is 0 Å². The van der Waals surface area contributed by atoms with Crippen molar-refractivity contribution in [2.24, 2.45) is 5.73 Å². The summed E-state index contributed by atoms with van der Waals surface area (Å²) in [6.07, 6.45) is 7.03. The molecule has 0 amide bonds. The van der Waals surface area contributed by atoms with Gasteiger partial charge >= 0.3 is 0 Å². The van der Waals surface area contributed by atoms with Crippen LogP contribution in [0.15, 0.2) is 35.5 Å². The zero-order chi connectivity index (χ0) is 6.41. The molecule has 0 aromatic carbocycles. The first kappa shape index (κ1) is 7.50. The first-order valence-electron chi connectivity index (χ1n) is 2.17. The van der Waals surface area contributed by atoms with E-state index in [4.69, 9.17) is 5.73 Å². The van der Waals surface area contributed by atoms with Gasteiger partial charge in [-0.25, -0.2) is 0 Å². The molecule has 0 saturated heterocycles. The Morgan fingerprint density at radius 3 is 2.50 bits per heavy atom. The Hall–Kier alpha value is -0.500. The molecule has 0 atom stereocenters. The van der Waals surface area contributed by atoms with E-state index in [1.807, 2.05) is 0 Å². The van der Waals surface area contributed by atoms with Crippen LogP contribution >= 0.6 is 15.9 Å². The van der Waals surface area contributed by atoms with Crippen LogP contribution in [-0.2, 0) is 0 Å². The molecule has 0 aliphatic carbocycles. The smallest absolute Gasteiger partial charge is 0.0753 e. The lowest BCUT2D eigenvalue weighted by Crippen LogP contribution is -1.82. The number of hydrogen-bond donors (Lipinski definition) is 1. The number of hydrogen-bond acceptors (Lipinski definition) is 1. The molecule has 44 valence electrons. The van der Waals surface area contributed by atoms with Crippen LogP contribution in [0.4, 0.5) is 0 Å². The molecule has 0 heterocycles. The quantitative estimate of drug-likeness (QED) is 0.502. The summed E-state index contributed by atoms with van der Waals surface area (Å²) < 4.78 is 0.621. The number of halogens is 1. The third-order valence-electron chi connectivity index (χ3n) is 0.503. The molecule has 0 unspecified atom stereocenters. The standard InChI is InChI=1S/C6H8BrN/c1-2-3-4-5-6(7)8/h2-5H,1,8H2/b4-3-,6-5-. The average molecular weight is 174 g/mol. The van der Waals surface area contributed by atoms with Crippen LogP contribution in [0.5, 0.6) is 0 Å². The molecule has 0 aliphatic heterocycles. The predicted octanol–water partition coefficient (Wildman–Crippen LogP) is 1.92. The summed E-state index contributed by atoms with van der Waals surface area (Å²) in [5, 5.41) is 0. The van der Waals surface area contributed by atoms with Crippen molar-refractivity contribution < 1.29 is 0 Å². The third kappa shape index (κ3) is 5.50. The molecule has 8 heavy (non-hydrogen) atoms. The van der Waals surface area contributed by atoms with Crippen molar-refractivity contribution in [1.82, 2.24) is 0 Å². The van der Waals surface area contributed by atoms with E-state index in [9.17, 15) is 0 Å². The van der Waals surface area contributed by atoms with Crippen molar-refractivity contribution in [2.75, 3.05) is 0 Å². The zero-order valence-electron chi connectivity index (χ0n) is 4.47. The molecule has 0 aromatic rings. The van der Waals surface area contributed by atoms with Crippen LogP contribution in [0.1, 0.15) is 0 Å². The van der Waals surface area contributed by atoms with Crippen molar-refractivity contribution in [3.8, 4) is 0 Å². The van der Waals surface area contributed by atoms with E-state index in [0.29, 0.717) is 4.61 Å². The lowest BCUT2D eigenvalue weighted by atomic mass is 10.5. The topological polar surface area (TPSA) is 26.0 Å². The van der Waals surface area contributed by atoms with Gasteiger partial charge in [-0.2, -0.15) is 0 Å². The van der Waals surface area contributed by atoms with Crippen molar-refractivity contribution >= 4 is 15.9 Å². The first-order chi connectivity index (χ1) is 3.77. The predicted molar refractivity (Wildman–Crippen MR) is 40.5 cm³/mol. The Balaban J connectivity index is 3.57. The Labute approximate surface area is 57.7 Å². The maximum absolute atomic E-state index is 5.23. The largest absolute Gasteiger partial charge is 0.393 e. The molecule has 0 bridgehead atoms. The van der Waals surface area contributed by atoms with Gasteiger partial charge in [-0.15, -0.1) is 0 Å². The van der Waals surface area contributed by atoms with Gasteiger partial charge in [0.15, 0.2) is 0 Å². The van der Waals surface area contributed by atoms with Crippen LogP contribution < -0.4 is 5.73 Å². The van der Waals surface area contributed by atoms with Crippen LogP contribution in [0.25, 0.3) is 0 Å². The van der Waals surface area contributed by atoms with Gasteiger partial charge < -0.3 is 5.73 Å². The number of allylic oxidation sites excluding steroid dienone is 4. The summed E-state index contributed by atoms with van der Waals surface area (Å²) in [4.78, 5) is 0. The molecule has 1 nitrogen and oxygen atoms in total. The molecule has 0 aromatic heterocycles. The lowest BCUT2D eigenvalue weighted by Gasteiger charge is -1.77. The van der Waals surface area contributed by atoms with E-state index < -0.39 is 0 Å². The second kappa shape index (κ2) is 4.65. The summed E-state index contributed by atoms with van der Waals surface area (Å²) in [6.45, 7) is 3.49. The second-order valence-electron chi connectivity index (χ2n) is 1.17. The lowest BCUT2D eigenvalue weighted by molar-refractivity contribution is 1.56. The molecule has 0 radical (unpaired) electrons. The minimum atomic E-state index is 0.621. The molecule has 0 fully saturated rings. The highest BCUT2D eigenvalue weighted by Gasteiger charge is 1.68. The third-order valence-corrected chi connectivity index (χ3v) is 0.767. The maximum atomic E-state index is 5.23. The molecule has 0 aliphatic rings. The normalized spacial score (nSPS) is 12.4. The summed E-state index contributed by atoms with van der Waals surface area (Å²) in [7, 11) is 0. The van der Waals surface area contributed by atoms with E-state index in [0.717, 1.165) is 0 Å². The van der Waals surface area contributed by atoms with Crippen molar-refractivity contribution in [3.05, 3.63) is 35.5 Å². The summed E-state index contributed by atoms with van der Waals surface area (Å²) in [6, 6.07) is 0. The molecule has 0 saturated carbocycles. The van der Waals surface area contributed by atoms with E-state index in [-0.39, 0.29) is 0 Å². The average Bonchev–Trinajstić information content (AvgIpc) is 1.66. The van der Waals surface area contributed by atoms with Crippen LogP contribution in [0.2, 0.25) is 0 Å². The summed E-state index contributed by atoms with van der Waals surface area (Å²) >= 11 is 3.06. The van der Waals surface area contributed by atoms with Gasteiger partial charge in [-0.1, -0.05) is 24.8 Å². The van der Waals surface area contributed by atoms with E-state index in [1.165, 1.54) is 0 Å². The first-order valence-corrected chi connectivity index (χ1v) is 2.97. The van der Waals surface area contributed by atoms with E-state index in [1.54, 1.807) is 24.3 Å². The SMILES string of the molecule is C=C/C=C\C=C(/N)Br. The molecule has 0 rings (SSSR count). The number of nitrogens with two attached hydrogens (primary N) is 1. The monoisotopic (exact) mass is 173 g/mol. The van der Waals surface area contributed by atoms with Crippen LogP contribution in [0, 0.1) is 0 Å². The van der Waals surface area contributed by atoms with Crippen molar-refractivity contribution in [1.29, 1.82) is 0 Å². The molecular weight excluding hydrogens is 166 g/mol. The second-order valence-corrected chi connectivity index (χ2v) is 2.09. The maximum Gasteiger partial charge on any atom is 0.0753 e. The van der Waals surface area contributed by atoms with Crippen LogP contribution in [0.3, 0.4) is 0 Å². The summed E-state index contributed by atoms with van der Waals surface area (Å²) in [5.74, 6) is 0. The highest BCUT2D eigenvalue weighted by atomic mass is 79.9. The van der Waals surface area contributed by atoms with Crippen LogP contribution in [-0.4, -0.2) is 0 Å². The molecule has 0 spiro atoms. The minimum absolute atomic E-state index is 0.621. The van der Waals surface area contributed by atoms with Gasteiger partial charge in [0.1, 0.15) is 0 Å².